The number of amides is 1. The Morgan fingerprint density at radius 2 is 1.83 bits per heavy atom. The third kappa shape index (κ3) is 4.03. The van der Waals surface area contributed by atoms with Crippen LogP contribution in [0.3, 0.4) is 0 Å². The van der Waals surface area contributed by atoms with Crippen LogP contribution in [0.4, 0.5) is 0 Å². The number of fused-ring (bicyclic) bond motifs is 3. The van der Waals surface area contributed by atoms with Gasteiger partial charge in [-0.2, -0.15) is 0 Å². The SMILES string of the molecule is CC(C)COC(=O)CCc1ccc(O)c2c1C[C@H]1C[C@H]3CC(=O)C(C(N)=O)C(=O)[C@@]3(O)C(=O)C1C2=O. The molecule has 2 unspecified atom stereocenters. The van der Waals surface area contributed by atoms with E-state index in [0.29, 0.717) is 11.1 Å². The second-order valence-electron chi connectivity index (χ2n) is 10.4. The minimum atomic E-state index is -2.67. The molecule has 3 aliphatic rings. The first-order chi connectivity index (χ1) is 16.9. The number of aliphatic hydroxyl groups is 1. The molecule has 2 fully saturated rings. The fourth-order valence-corrected chi connectivity index (χ4v) is 5.83. The number of aromatic hydroxyl groups is 1. The standard InChI is InChI=1S/C26H29NO9/c1-11(2)10-36-18(30)6-4-12-3-5-16(28)20-15(12)8-13-7-14-9-17(29)21(25(27)34)24(33)26(14,35)23(32)19(13)22(20)31/h3,5,11,13-14,19,21,28,35H,4,6-10H2,1-2H3,(H2,27,34)/t13-,14+,19?,21?,26+/m1/s1. The number of carbonyl (C=O) groups is 6. The van der Waals surface area contributed by atoms with Crippen LogP contribution in [0.5, 0.6) is 5.75 Å². The lowest BCUT2D eigenvalue weighted by atomic mass is 9.53. The number of phenols is 1. The van der Waals surface area contributed by atoms with Gasteiger partial charge in [0.2, 0.25) is 5.91 Å². The maximum absolute atomic E-state index is 13.5. The van der Waals surface area contributed by atoms with Crippen LogP contribution in [0.15, 0.2) is 12.1 Å². The van der Waals surface area contributed by atoms with E-state index in [1.165, 1.54) is 6.07 Å². The van der Waals surface area contributed by atoms with Crippen LogP contribution in [-0.2, 0) is 41.6 Å². The molecule has 10 heteroatoms. The van der Waals surface area contributed by atoms with Crippen LogP contribution in [0, 0.1) is 29.6 Å². The Balaban J connectivity index is 1.65. The number of rotatable bonds is 6. The molecule has 3 aliphatic carbocycles. The highest BCUT2D eigenvalue weighted by atomic mass is 16.5. The number of carbonyl (C=O) groups excluding carboxylic acids is 6. The predicted octanol–water partition coefficient (Wildman–Crippen LogP) is 0.459. The Morgan fingerprint density at radius 3 is 2.47 bits per heavy atom. The minimum absolute atomic E-state index is 0.0204. The summed E-state index contributed by atoms with van der Waals surface area (Å²) in [5.41, 5.74) is 3.58. The lowest BCUT2D eigenvalue weighted by Gasteiger charge is -2.48. The molecule has 10 nitrogen and oxygen atoms in total. The second kappa shape index (κ2) is 9.24. The van der Waals surface area contributed by atoms with Crippen LogP contribution in [-0.4, -0.2) is 57.4 Å². The van der Waals surface area contributed by atoms with Crippen molar-refractivity contribution in [2.75, 3.05) is 6.61 Å². The number of nitrogens with two attached hydrogens (primary N) is 1. The Bertz CT molecular complexity index is 1190. The van der Waals surface area contributed by atoms with Gasteiger partial charge in [0.25, 0.3) is 0 Å². The molecule has 4 rings (SSSR count). The van der Waals surface area contributed by atoms with Gasteiger partial charge >= 0.3 is 5.97 Å². The Labute approximate surface area is 207 Å². The van der Waals surface area contributed by atoms with E-state index >= 15 is 0 Å². The van der Waals surface area contributed by atoms with E-state index in [4.69, 9.17) is 10.5 Å². The van der Waals surface area contributed by atoms with Crippen molar-refractivity contribution in [3.8, 4) is 5.75 Å². The maximum Gasteiger partial charge on any atom is 0.306 e. The molecule has 0 aromatic heterocycles. The number of Topliss-reactive ketones (excluding diaryl/α,β-unsaturated/α-hetero) is 4. The maximum atomic E-state index is 13.5. The van der Waals surface area contributed by atoms with Crippen molar-refractivity contribution in [2.24, 2.45) is 35.3 Å². The largest absolute Gasteiger partial charge is 0.507 e. The number of ketones is 4. The first-order valence-corrected chi connectivity index (χ1v) is 12.0. The summed E-state index contributed by atoms with van der Waals surface area (Å²) in [5.74, 6) is -10.7. The molecular weight excluding hydrogens is 470 g/mol. The number of phenolic OH excluding ortho intramolecular Hbond substituents is 1. The molecule has 0 aliphatic heterocycles. The fraction of sp³-hybridized carbons (Fsp3) is 0.538. The molecule has 0 heterocycles. The zero-order valence-corrected chi connectivity index (χ0v) is 20.1. The quantitative estimate of drug-likeness (QED) is 0.370. The molecule has 1 aromatic rings. The third-order valence-electron chi connectivity index (χ3n) is 7.56. The van der Waals surface area contributed by atoms with Gasteiger partial charge in [0.15, 0.2) is 34.7 Å². The number of hydrogen-bond donors (Lipinski definition) is 3. The molecule has 2 saturated carbocycles. The molecule has 36 heavy (non-hydrogen) atoms. The van der Waals surface area contributed by atoms with Gasteiger partial charge in [0.05, 0.1) is 18.1 Å². The Morgan fingerprint density at radius 1 is 1.14 bits per heavy atom. The van der Waals surface area contributed by atoms with E-state index in [9.17, 15) is 39.0 Å². The molecule has 1 aromatic carbocycles. The van der Waals surface area contributed by atoms with Crippen LogP contribution >= 0.6 is 0 Å². The van der Waals surface area contributed by atoms with E-state index in [1.54, 1.807) is 6.07 Å². The highest BCUT2D eigenvalue weighted by Gasteiger charge is 2.66. The number of hydrogen-bond acceptors (Lipinski definition) is 9. The molecular formula is C26H29NO9. The summed E-state index contributed by atoms with van der Waals surface area (Å²) < 4.78 is 5.21. The van der Waals surface area contributed by atoms with Crippen LogP contribution in [0.25, 0.3) is 0 Å². The summed E-state index contributed by atoms with van der Waals surface area (Å²) >= 11 is 0. The van der Waals surface area contributed by atoms with Gasteiger partial charge in [0.1, 0.15) is 5.75 Å². The van der Waals surface area contributed by atoms with Gasteiger partial charge in [-0.05, 0) is 48.3 Å². The third-order valence-corrected chi connectivity index (χ3v) is 7.56. The highest BCUT2D eigenvalue weighted by Crippen LogP contribution is 2.50. The molecule has 0 saturated heterocycles. The van der Waals surface area contributed by atoms with Crippen LogP contribution in [0.1, 0.15) is 54.6 Å². The summed E-state index contributed by atoms with van der Waals surface area (Å²) in [5, 5.41) is 21.7. The van der Waals surface area contributed by atoms with Gasteiger partial charge in [-0.25, -0.2) is 0 Å². The average molecular weight is 500 g/mol. The van der Waals surface area contributed by atoms with Crippen molar-refractivity contribution in [3.63, 3.8) is 0 Å². The number of aryl methyl sites for hydroxylation is 1. The van der Waals surface area contributed by atoms with E-state index in [1.807, 2.05) is 13.8 Å². The second-order valence-corrected chi connectivity index (χ2v) is 10.4. The fourth-order valence-electron chi connectivity index (χ4n) is 5.83. The molecule has 192 valence electrons. The number of benzene rings is 1. The van der Waals surface area contributed by atoms with Crippen molar-refractivity contribution >= 4 is 35.0 Å². The van der Waals surface area contributed by atoms with E-state index in [0.717, 1.165) is 0 Å². The van der Waals surface area contributed by atoms with Crippen molar-refractivity contribution < 1.29 is 43.7 Å². The van der Waals surface area contributed by atoms with Gasteiger partial charge in [-0.1, -0.05) is 19.9 Å². The Kier molecular flexibility index (Phi) is 6.59. The predicted molar refractivity (Wildman–Crippen MR) is 123 cm³/mol. The summed E-state index contributed by atoms with van der Waals surface area (Å²) in [7, 11) is 0. The van der Waals surface area contributed by atoms with Crippen LogP contribution < -0.4 is 5.73 Å². The topological polar surface area (TPSA) is 178 Å². The summed E-state index contributed by atoms with van der Waals surface area (Å²) in [4.78, 5) is 76.1. The van der Waals surface area contributed by atoms with Gasteiger partial charge in [0, 0.05) is 18.8 Å². The summed E-state index contributed by atoms with van der Waals surface area (Å²) in [6.45, 7) is 4.12. The number of primary amides is 1. The van der Waals surface area contributed by atoms with Gasteiger partial charge in [-0.15, -0.1) is 0 Å². The summed E-state index contributed by atoms with van der Waals surface area (Å²) in [6.07, 6.45) is 0.122. The number of esters is 1. The molecule has 0 radical (unpaired) electrons. The van der Waals surface area contributed by atoms with Crippen molar-refractivity contribution in [1.82, 2.24) is 0 Å². The molecule has 4 N–H and O–H groups in total. The number of ether oxygens (including phenoxy) is 1. The lowest BCUT2D eigenvalue weighted by Crippen LogP contribution is -2.68. The van der Waals surface area contributed by atoms with E-state index in [-0.39, 0.29) is 55.9 Å². The smallest absolute Gasteiger partial charge is 0.306 e. The van der Waals surface area contributed by atoms with Crippen molar-refractivity contribution in [1.29, 1.82) is 0 Å². The minimum Gasteiger partial charge on any atom is -0.507 e. The zero-order valence-electron chi connectivity index (χ0n) is 20.1. The summed E-state index contributed by atoms with van der Waals surface area (Å²) in [6, 6.07) is 2.92. The van der Waals surface area contributed by atoms with Crippen LogP contribution in [0.2, 0.25) is 0 Å². The molecule has 5 atom stereocenters. The van der Waals surface area contributed by atoms with Crippen molar-refractivity contribution in [3.05, 3.63) is 28.8 Å². The normalized spacial score (nSPS) is 29.4. The van der Waals surface area contributed by atoms with E-state index < -0.39 is 64.3 Å². The highest BCUT2D eigenvalue weighted by molar-refractivity contribution is 6.31. The first kappa shape index (κ1) is 25.7. The van der Waals surface area contributed by atoms with E-state index in [2.05, 4.69) is 0 Å². The zero-order chi connectivity index (χ0) is 26.5. The monoisotopic (exact) mass is 499 g/mol. The molecule has 1 amide bonds. The first-order valence-electron chi connectivity index (χ1n) is 12.0. The molecule has 0 bridgehead atoms. The average Bonchev–Trinajstić information content (AvgIpc) is 2.79. The lowest BCUT2D eigenvalue weighted by molar-refractivity contribution is -0.175. The Hall–Kier alpha value is -3.40. The van der Waals surface area contributed by atoms with Crippen molar-refractivity contribution in [2.45, 2.75) is 51.6 Å². The van der Waals surface area contributed by atoms with Gasteiger partial charge < -0.3 is 20.7 Å². The van der Waals surface area contributed by atoms with Gasteiger partial charge in [-0.3, -0.25) is 28.8 Å². The molecule has 0 spiro atoms.